The normalized spacial score (nSPS) is 12.4. The molecule has 1 rings (SSSR count). The summed E-state index contributed by atoms with van der Waals surface area (Å²) in [5.41, 5.74) is -0.245. The van der Waals surface area contributed by atoms with Gasteiger partial charge in [-0.2, -0.15) is 4.31 Å². The van der Waals surface area contributed by atoms with E-state index in [0.717, 1.165) is 19.4 Å². The van der Waals surface area contributed by atoms with Crippen molar-refractivity contribution in [2.24, 2.45) is 0 Å². The molecule has 0 spiro atoms. The number of ether oxygens (including phenoxy) is 1. The van der Waals surface area contributed by atoms with Gasteiger partial charge < -0.3 is 9.72 Å². The van der Waals surface area contributed by atoms with Crippen molar-refractivity contribution >= 4 is 16.0 Å². The molecule has 0 atom stereocenters. The standard InChI is InChI=1S/C10H12F4N2O4S/c1-20-10(17)7-2-6(3-15-7)21(18,19)16(4-8(11)12)5-9(13)14/h2-3,8-9,15H,4-5H2,1H3. The Kier molecular flexibility index (Phi) is 5.72. The Labute approximate surface area is 117 Å². The van der Waals surface area contributed by atoms with Crippen LogP contribution in [-0.4, -0.2) is 56.7 Å². The molecule has 0 aliphatic carbocycles. The number of rotatable bonds is 7. The lowest BCUT2D eigenvalue weighted by atomic mass is 10.4. The Bertz CT molecular complexity index is 578. The lowest BCUT2D eigenvalue weighted by Gasteiger charge is -2.20. The van der Waals surface area contributed by atoms with Crippen molar-refractivity contribution in [3.63, 3.8) is 0 Å². The SMILES string of the molecule is COC(=O)c1cc(S(=O)(=O)N(CC(F)F)CC(F)F)c[nH]1. The van der Waals surface area contributed by atoms with E-state index in [1.165, 1.54) is 0 Å². The van der Waals surface area contributed by atoms with Crippen LogP contribution < -0.4 is 0 Å². The largest absolute Gasteiger partial charge is 0.464 e. The first-order valence-electron chi connectivity index (χ1n) is 5.51. The van der Waals surface area contributed by atoms with Crippen molar-refractivity contribution in [3.8, 4) is 0 Å². The molecule has 1 heterocycles. The van der Waals surface area contributed by atoms with Gasteiger partial charge in [0.1, 0.15) is 10.6 Å². The molecule has 1 aromatic rings. The summed E-state index contributed by atoms with van der Waals surface area (Å²) in [5.74, 6) is -0.884. The molecule has 120 valence electrons. The van der Waals surface area contributed by atoms with E-state index in [1.807, 2.05) is 0 Å². The molecule has 0 aliphatic rings. The summed E-state index contributed by atoms with van der Waals surface area (Å²) in [6, 6.07) is 0.825. The van der Waals surface area contributed by atoms with Crippen molar-refractivity contribution in [2.45, 2.75) is 17.7 Å². The molecule has 6 nitrogen and oxygen atoms in total. The van der Waals surface area contributed by atoms with E-state index in [2.05, 4.69) is 9.72 Å². The predicted molar refractivity (Wildman–Crippen MR) is 62.9 cm³/mol. The monoisotopic (exact) mass is 332 g/mol. The zero-order valence-corrected chi connectivity index (χ0v) is 11.5. The number of methoxy groups -OCH3 is 1. The summed E-state index contributed by atoms with van der Waals surface area (Å²) in [4.78, 5) is 12.9. The summed E-state index contributed by atoms with van der Waals surface area (Å²) in [5, 5.41) is 0. The molecule has 0 fully saturated rings. The summed E-state index contributed by atoms with van der Waals surface area (Å²) in [7, 11) is -3.52. The van der Waals surface area contributed by atoms with Crippen molar-refractivity contribution < 1.29 is 35.5 Å². The smallest absolute Gasteiger partial charge is 0.354 e. The maximum atomic E-state index is 12.3. The van der Waals surface area contributed by atoms with Crippen LogP contribution in [0.1, 0.15) is 10.5 Å². The highest BCUT2D eigenvalue weighted by Crippen LogP contribution is 2.19. The van der Waals surface area contributed by atoms with Crippen LogP contribution >= 0.6 is 0 Å². The number of nitrogens with zero attached hydrogens (tertiary/aromatic N) is 1. The van der Waals surface area contributed by atoms with Gasteiger partial charge in [-0.25, -0.2) is 30.8 Å². The number of H-pyrrole nitrogens is 1. The van der Waals surface area contributed by atoms with Crippen molar-refractivity contribution in [3.05, 3.63) is 18.0 Å². The highest BCUT2D eigenvalue weighted by Gasteiger charge is 2.31. The molecule has 0 amide bonds. The lowest BCUT2D eigenvalue weighted by molar-refractivity contribution is 0.0594. The molecule has 11 heteroatoms. The number of nitrogens with one attached hydrogen (secondary N) is 1. The van der Waals surface area contributed by atoms with Crippen LogP contribution in [0.3, 0.4) is 0 Å². The zero-order chi connectivity index (χ0) is 16.2. The minimum atomic E-state index is -4.58. The molecule has 0 aliphatic heterocycles. The second-order valence-corrected chi connectivity index (χ2v) is 5.78. The highest BCUT2D eigenvalue weighted by molar-refractivity contribution is 7.89. The highest BCUT2D eigenvalue weighted by atomic mass is 32.2. The molecule has 0 unspecified atom stereocenters. The molecule has 1 aromatic heterocycles. The van der Waals surface area contributed by atoms with Gasteiger partial charge in [-0.05, 0) is 6.07 Å². The number of carbonyl (C=O) groups is 1. The molecule has 0 bridgehead atoms. The van der Waals surface area contributed by atoms with Gasteiger partial charge in [0.05, 0.1) is 20.2 Å². The number of halogens is 4. The Balaban J connectivity index is 3.10. The summed E-state index contributed by atoms with van der Waals surface area (Å²) >= 11 is 0. The quantitative estimate of drug-likeness (QED) is 0.603. The lowest BCUT2D eigenvalue weighted by Crippen LogP contribution is -2.38. The third-order valence-corrected chi connectivity index (χ3v) is 4.19. The van der Waals surface area contributed by atoms with Crippen LogP contribution in [0.15, 0.2) is 17.2 Å². The first-order valence-corrected chi connectivity index (χ1v) is 6.95. The van der Waals surface area contributed by atoms with E-state index in [4.69, 9.17) is 0 Å². The van der Waals surface area contributed by atoms with Gasteiger partial charge in [0, 0.05) is 6.20 Å². The number of hydrogen-bond donors (Lipinski definition) is 1. The molecule has 0 radical (unpaired) electrons. The van der Waals surface area contributed by atoms with Gasteiger partial charge in [0.25, 0.3) is 12.9 Å². The maximum absolute atomic E-state index is 12.3. The maximum Gasteiger partial charge on any atom is 0.354 e. The first-order chi connectivity index (χ1) is 9.68. The molecule has 0 saturated heterocycles. The number of hydrogen-bond acceptors (Lipinski definition) is 4. The fraction of sp³-hybridized carbons (Fsp3) is 0.500. The third kappa shape index (κ3) is 4.43. The average molecular weight is 332 g/mol. The zero-order valence-electron chi connectivity index (χ0n) is 10.7. The van der Waals surface area contributed by atoms with Crippen LogP contribution in [0, 0.1) is 0 Å². The molecule has 1 N–H and O–H groups in total. The number of aromatic nitrogens is 1. The minimum absolute atomic E-state index is 0.0352. The summed E-state index contributed by atoms with van der Waals surface area (Å²) < 4.78 is 77.7. The van der Waals surface area contributed by atoms with Gasteiger partial charge in [-0.3, -0.25) is 0 Å². The van der Waals surface area contributed by atoms with Crippen LogP contribution in [0.2, 0.25) is 0 Å². The van der Waals surface area contributed by atoms with E-state index in [1.54, 1.807) is 0 Å². The Morgan fingerprint density at radius 3 is 2.24 bits per heavy atom. The minimum Gasteiger partial charge on any atom is -0.464 e. The van der Waals surface area contributed by atoms with Gasteiger partial charge in [0.2, 0.25) is 10.0 Å². The van der Waals surface area contributed by atoms with Crippen LogP contribution in [0.4, 0.5) is 17.6 Å². The second-order valence-electron chi connectivity index (χ2n) is 3.84. The molecular weight excluding hydrogens is 320 g/mol. The van der Waals surface area contributed by atoms with Gasteiger partial charge in [-0.15, -0.1) is 0 Å². The van der Waals surface area contributed by atoms with Crippen molar-refractivity contribution in [2.75, 3.05) is 20.2 Å². The van der Waals surface area contributed by atoms with Gasteiger partial charge in [0.15, 0.2) is 0 Å². The van der Waals surface area contributed by atoms with E-state index < -0.39 is 46.8 Å². The topological polar surface area (TPSA) is 79.5 Å². The average Bonchev–Trinajstić information content (AvgIpc) is 2.86. The number of esters is 1. The van der Waals surface area contributed by atoms with E-state index >= 15 is 0 Å². The van der Waals surface area contributed by atoms with Crippen LogP contribution in [0.5, 0.6) is 0 Å². The van der Waals surface area contributed by atoms with Crippen molar-refractivity contribution in [1.82, 2.24) is 9.29 Å². The molecular formula is C10H12F4N2O4S. The predicted octanol–water partition coefficient (Wildman–Crippen LogP) is 1.32. The number of carbonyl (C=O) groups excluding carboxylic acids is 1. The van der Waals surface area contributed by atoms with E-state index in [9.17, 15) is 30.8 Å². The Hall–Kier alpha value is -1.62. The summed E-state index contributed by atoms with van der Waals surface area (Å²) in [6.45, 7) is -2.74. The summed E-state index contributed by atoms with van der Waals surface area (Å²) in [6.07, 6.45) is -5.39. The Morgan fingerprint density at radius 1 is 1.29 bits per heavy atom. The number of alkyl halides is 4. The third-order valence-electron chi connectivity index (χ3n) is 2.38. The van der Waals surface area contributed by atoms with E-state index in [0.29, 0.717) is 0 Å². The van der Waals surface area contributed by atoms with Gasteiger partial charge in [-0.1, -0.05) is 0 Å². The first kappa shape index (κ1) is 17.4. The van der Waals surface area contributed by atoms with Crippen LogP contribution in [-0.2, 0) is 14.8 Å². The second kappa shape index (κ2) is 6.89. The number of sulfonamides is 1. The Morgan fingerprint density at radius 2 is 1.81 bits per heavy atom. The van der Waals surface area contributed by atoms with Crippen LogP contribution in [0.25, 0.3) is 0 Å². The fourth-order valence-corrected chi connectivity index (χ4v) is 2.87. The van der Waals surface area contributed by atoms with Gasteiger partial charge >= 0.3 is 5.97 Å². The molecule has 0 aromatic carbocycles. The van der Waals surface area contributed by atoms with Crippen molar-refractivity contribution in [1.29, 1.82) is 0 Å². The number of aromatic amines is 1. The molecule has 0 saturated carbocycles. The fourth-order valence-electron chi connectivity index (χ4n) is 1.48. The van der Waals surface area contributed by atoms with E-state index in [-0.39, 0.29) is 10.00 Å². The molecule has 21 heavy (non-hydrogen) atoms.